The van der Waals surface area contributed by atoms with Gasteiger partial charge in [-0.2, -0.15) is 0 Å². The van der Waals surface area contributed by atoms with Crippen molar-refractivity contribution in [3.05, 3.63) is 0 Å². The van der Waals surface area contributed by atoms with Crippen LogP contribution in [0.1, 0.15) is 27.2 Å². The molecule has 0 amide bonds. The molecule has 0 atom stereocenters. The molecule has 0 spiro atoms. The summed E-state index contributed by atoms with van der Waals surface area (Å²) in [6.07, 6.45) is 0.948. The lowest BCUT2D eigenvalue weighted by Crippen LogP contribution is -2.43. The highest BCUT2D eigenvalue weighted by molar-refractivity contribution is 5.82. The van der Waals surface area contributed by atoms with Crippen LogP contribution in [0.25, 0.3) is 0 Å². The largest absolute Gasteiger partial charge is 0.329 e. The molecule has 0 aromatic carbocycles. The maximum absolute atomic E-state index is 5.48. The molecule has 0 saturated carbocycles. The van der Waals surface area contributed by atoms with Crippen molar-refractivity contribution in [1.82, 2.24) is 10.6 Å². The summed E-state index contributed by atoms with van der Waals surface area (Å²) in [5.41, 5.74) is 12.1. The molecule has 0 radical (unpaired) electrons. The normalized spacial score (nSPS) is 13.1. The van der Waals surface area contributed by atoms with Gasteiger partial charge in [-0.15, -0.1) is 0 Å². The topological polar surface area (TPSA) is 88.5 Å². The molecule has 0 aliphatic heterocycles. The molecule has 0 aliphatic carbocycles. The summed E-state index contributed by atoms with van der Waals surface area (Å²) in [5.74, 6) is 0. The average Bonchev–Trinajstić information content (AvgIpc) is 2.25. The van der Waals surface area contributed by atoms with Crippen molar-refractivity contribution < 1.29 is 0 Å². The van der Waals surface area contributed by atoms with Crippen LogP contribution in [0.15, 0.2) is 4.99 Å². The summed E-state index contributed by atoms with van der Waals surface area (Å²) >= 11 is 0. The van der Waals surface area contributed by atoms with E-state index in [0.717, 1.165) is 32.6 Å². The van der Waals surface area contributed by atoms with Crippen molar-refractivity contribution >= 4 is 5.71 Å². The van der Waals surface area contributed by atoms with Gasteiger partial charge in [-0.25, -0.2) is 0 Å². The Kier molecular flexibility index (Phi) is 9.26. The lowest BCUT2D eigenvalue weighted by molar-refractivity contribution is 0.407. The van der Waals surface area contributed by atoms with Gasteiger partial charge in [0.25, 0.3) is 0 Å². The Morgan fingerprint density at radius 1 is 1.12 bits per heavy atom. The zero-order valence-electron chi connectivity index (χ0n) is 11.6. The van der Waals surface area contributed by atoms with Gasteiger partial charge in [0.05, 0.1) is 6.54 Å². The zero-order chi connectivity index (χ0) is 13.1. The van der Waals surface area contributed by atoms with Crippen LogP contribution in [0.3, 0.4) is 0 Å². The van der Waals surface area contributed by atoms with E-state index in [4.69, 9.17) is 11.5 Å². The van der Waals surface area contributed by atoms with Crippen molar-refractivity contribution in [3.63, 3.8) is 0 Å². The van der Waals surface area contributed by atoms with Crippen LogP contribution in [0.4, 0.5) is 0 Å². The summed E-state index contributed by atoms with van der Waals surface area (Å²) in [6.45, 7) is 11.2. The van der Waals surface area contributed by atoms with E-state index in [1.165, 1.54) is 5.71 Å². The second kappa shape index (κ2) is 9.53. The van der Waals surface area contributed by atoms with E-state index in [-0.39, 0.29) is 5.54 Å². The Morgan fingerprint density at radius 2 is 1.76 bits per heavy atom. The number of nitrogens with zero attached hydrogens (tertiary/aromatic N) is 1. The number of hydrogen-bond donors (Lipinski definition) is 4. The molecule has 17 heavy (non-hydrogen) atoms. The minimum atomic E-state index is 0.0671. The van der Waals surface area contributed by atoms with Crippen LogP contribution in [-0.4, -0.2) is 50.5 Å². The minimum Gasteiger partial charge on any atom is -0.329 e. The third-order valence-corrected chi connectivity index (χ3v) is 2.44. The first-order chi connectivity index (χ1) is 8.02. The Hall–Kier alpha value is -0.490. The molecular formula is C12H29N5. The van der Waals surface area contributed by atoms with Crippen molar-refractivity contribution in [3.8, 4) is 0 Å². The van der Waals surface area contributed by atoms with Gasteiger partial charge in [0.2, 0.25) is 0 Å². The van der Waals surface area contributed by atoms with Crippen LogP contribution in [-0.2, 0) is 0 Å². The first-order valence-electron chi connectivity index (χ1n) is 6.37. The fourth-order valence-corrected chi connectivity index (χ4v) is 1.72. The van der Waals surface area contributed by atoms with Gasteiger partial charge in [0, 0.05) is 50.4 Å². The second-order valence-electron chi connectivity index (χ2n) is 4.93. The third-order valence-electron chi connectivity index (χ3n) is 2.44. The molecule has 5 heteroatoms. The van der Waals surface area contributed by atoms with Gasteiger partial charge >= 0.3 is 0 Å². The molecule has 0 aromatic heterocycles. The Labute approximate surface area is 105 Å². The number of aliphatic imine (C=N–C) groups is 1. The smallest absolute Gasteiger partial charge is 0.0513 e. The molecular weight excluding hydrogens is 214 g/mol. The fraction of sp³-hybridized carbons (Fsp3) is 0.917. The SMILES string of the molecule is CC(CC(C)(C)NCCN)=NCCNCCN. The van der Waals surface area contributed by atoms with Gasteiger partial charge in [0.1, 0.15) is 0 Å². The lowest BCUT2D eigenvalue weighted by atomic mass is 9.98. The van der Waals surface area contributed by atoms with E-state index >= 15 is 0 Å². The minimum absolute atomic E-state index is 0.0671. The van der Waals surface area contributed by atoms with Gasteiger partial charge in [-0.05, 0) is 20.8 Å². The molecule has 0 saturated heterocycles. The van der Waals surface area contributed by atoms with Crippen molar-refractivity contribution in [2.45, 2.75) is 32.7 Å². The number of nitrogens with two attached hydrogens (primary N) is 2. The molecule has 0 unspecified atom stereocenters. The van der Waals surface area contributed by atoms with Crippen molar-refractivity contribution in [2.24, 2.45) is 16.5 Å². The standard InChI is InChI=1S/C12H29N5/c1-11(16-9-8-15-6-4-13)10-12(2,3)17-7-5-14/h15,17H,4-10,13-14H2,1-3H3. The summed E-state index contributed by atoms with van der Waals surface area (Å²) in [5, 5.41) is 6.64. The highest BCUT2D eigenvalue weighted by Gasteiger charge is 2.17. The van der Waals surface area contributed by atoms with Gasteiger partial charge in [0.15, 0.2) is 0 Å². The fourth-order valence-electron chi connectivity index (χ4n) is 1.72. The van der Waals surface area contributed by atoms with E-state index in [1.54, 1.807) is 0 Å². The summed E-state index contributed by atoms with van der Waals surface area (Å²) in [7, 11) is 0. The maximum Gasteiger partial charge on any atom is 0.0513 e. The van der Waals surface area contributed by atoms with E-state index in [2.05, 4.69) is 36.4 Å². The summed E-state index contributed by atoms with van der Waals surface area (Å²) in [6, 6.07) is 0. The second-order valence-corrected chi connectivity index (χ2v) is 4.93. The zero-order valence-corrected chi connectivity index (χ0v) is 11.6. The molecule has 102 valence electrons. The summed E-state index contributed by atoms with van der Waals surface area (Å²) < 4.78 is 0. The van der Waals surface area contributed by atoms with Crippen LogP contribution >= 0.6 is 0 Å². The molecule has 0 rings (SSSR count). The lowest BCUT2D eigenvalue weighted by Gasteiger charge is -2.26. The van der Waals surface area contributed by atoms with Gasteiger partial charge in [-0.1, -0.05) is 0 Å². The molecule has 0 aromatic rings. The first kappa shape index (κ1) is 16.5. The monoisotopic (exact) mass is 243 g/mol. The van der Waals surface area contributed by atoms with Gasteiger partial charge < -0.3 is 22.1 Å². The Morgan fingerprint density at radius 3 is 2.35 bits per heavy atom. The average molecular weight is 243 g/mol. The summed E-state index contributed by atoms with van der Waals surface area (Å²) in [4.78, 5) is 4.53. The molecule has 0 bridgehead atoms. The van der Waals surface area contributed by atoms with Gasteiger partial charge in [-0.3, -0.25) is 4.99 Å². The van der Waals surface area contributed by atoms with Crippen LogP contribution < -0.4 is 22.1 Å². The van der Waals surface area contributed by atoms with E-state index < -0.39 is 0 Å². The van der Waals surface area contributed by atoms with Crippen LogP contribution in [0.5, 0.6) is 0 Å². The molecule has 0 aliphatic rings. The number of rotatable bonds is 10. The maximum atomic E-state index is 5.48. The van der Waals surface area contributed by atoms with E-state index in [1.807, 2.05) is 0 Å². The molecule has 6 N–H and O–H groups in total. The Balaban J connectivity index is 3.80. The first-order valence-corrected chi connectivity index (χ1v) is 6.37. The third kappa shape index (κ3) is 10.4. The highest BCUT2D eigenvalue weighted by atomic mass is 15.0. The number of nitrogens with one attached hydrogen (secondary N) is 2. The number of hydrogen-bond acceptors (Lipinski definition) is 5. The predicted octanol–water partition coefficient (Wildman–Crippen LogP) is -0.287. The molecule has 0 heterocycles. The van der Waals surface area contributed by atoms with Crippen LogP contribution in [0, 0.1) is 0 Å². The van der Waals surface area contributed by atoms with E-state index in [0.29, 0.717) is 13.1 Å². The quantitative estimate of drug-likeness (QED) is 0.314. The predicted molar refractivity (Wildman–Crippen MR) is 75.7 cm³/mol. The molecule has 0 fully saturated rings. The van der Waals surface area contributed by atoms with Crippen molar-refractivity contribution in [1.29, 1.82) is 0 Å². The molecule has 5 nitrogen and oxygen atoms in total. The van der Waals surface area contributed by atoms with Crippen molar-refractivity contribution in [2.75, 3.05) is 39.3 Å². The Bertz CT molecular complexity index is 213. The van der Waals surface area contributed by atoms with E-state index in [9.17, 15) is 0 Å². The van der Waals surface area contributed by atoms with Crippen LogP contribution in [0.2, 0.25) is 0 Å². The highest BCUT2D eigenvalue weighted by Crippen LogP contribution is 2.08.